The molecule has 1 amide bonds. The lowest BCUT2D eigenvalue weighted by molar-refractivity contribution is 0.0951. The molecule has 4 aromatic rings. The lowest BCUT2D eigenvalue weighted by atomic mass is 10.2. The Morgan fingerprint density at radius 1 is 1.27 bits per heavy atom. The summed E-state index contributed by atoms with van der Waals surface area (Å²) in [5, 5.41) is 6.90. The number of fused-ring (bicyclic) bond motifs is 1. The first kappa shape index (κ1) is 16.0. The number of carbonyl (C=O) groups is 1. The zero-order valence-corrected chi connectivity index (χ0v) is 13.9. The van der Waals surface area contributed by atoms with Crippen molar-refractivity contribution in [3.63, 3.8) is 0 Å². The molecule has 130 valence electrons. The molecule has 26 heavy (non-hydrogen) atoms. The van der Waals surface area contributed by atoms with Crippen LogP contribution in [0.2, 0.25) is 0 Å². The lowest BCUT2D eigenvalue weighted by Gasteiger charge is -2.03. The average molecular weight is 350 g/mol. The number of amides is 1. The van der Waals surface area contributed by atoms with Gasteiger partial charge < -0.3 is 9.73 Å². The fourth-order valence-corrected chi connectivity index (χ4v) is 2.66. The molecule has 0 atom stereocenters. The number of benzene rings is 2. The SMILES string of the molecule is Cn1cc(CNC(=O)c2ccc3oc(-c4cccc(F)c4)nc3c2)cn1. The summed E-state index contributed by atoms with van der Waals surface area (Å²) in [4.78, 5) is 16.7. The molecule has 0 unspecified atom stereocenters. The van der Waals surface area contributed by atoms with Gasteiger partial charge in [0, 0.05) is 36.5 Å². The number of aromatic nitrogens is 3. The molecule has 7 heteroatoms. The summed E-state index contributed by atoms with van der Waals surface area (Å²) in [5.74, 6) is -0.265. The highest BCUT2D eigenvalue weighted by Crippen LogP contribution is 2.25. The van der Waals surface area contributed by atoms with Crippen molar-refractivity contribution in [1.82, 2.24) is 20.1 Å². The minimum atomic E-state index is -0.361. The number of hydrogen-bond donors (Lipinski definition) is 1. The third-order valence-electron chi connectivity index (χ3n) is 3.93. The molecule has 0 spiro atoms. The Morgan fingerprint density at radius 3 is 2.92 bits per heavy atom. The number of hydrogen-bond acceptors (Lipinski definition) is 4. The monoisotopic (exact) mass is 350 g/mol. The highest BCUT2D eigenvalue weighted by Gasteiger charge is 2.12. The molecule has 0 fully saturated rings. The van der Waals surface area contributed by atoms with Crippen LogP contribution >= 0.6 is 0 Å². The van der Waals surface area contributed by atoms with Crippen molar-refractivity contribution in [2.24, 2.45) is 7.05 Å². The van der Waals surface area contributed by atoms with Gasteiger partial charge in [-0.15, -0.1) is 0 Å². The minimum Gasteiger partial charge on any atom is -0.436 e. The van der Waals surface area contributed by atoms with Crippen LogP contribution in [0.3, 0.4) is 0 Å². The summed E-state index contributed by atoms with van der Waals surface area (Å²) in [6.07, 6.45) is 3.54. The second kappa shape index (κ2) is 6.44. The third-order valence-corrected chi connectivity index (χ3v) is 3.93. The van der Waals surface area contributed by atoms with Gasteiger partial charge in [0.15, 0.2) is 5.58 Å². The molecule has 2 aromatic carbocycles. The average Bonchev–Trinajstić information content (AvgIpc) is 3.25. The summed E-state index contributed by atoms with van der Waals surface area (Å²) in [6, 6.07) is 11.0. The molecule has 0 radical (unpaired) electrons. The fourth-order valence-electron chi connectivity index (χ4n) is 2.66. The Balaban J connectivity index is 1.56. The number of oxazole rings is 1. The van der Waals surface area contributed by atoms with Gasteiger partial charge in [0.25, 0.3) is 5.91 Å². The molecular weight excluding hydrogens is 335 g/mol. The molecule has 0 aliphatic heterocycles. The van der Waals surface area contributed by atoms with Crippen LogP contribution in [0.1, 0.15) is 15.9 Å². The van der Waals surface area contributed by atoms with Gasteiger partial charge >= 0.3 is 0 Å². The maximum Gasteiger partial charge on any atom is 0.251 e. The normalized spacial score (nSPS) is 11.0. The topological polar surface area (TPSA) is 73.0 Å². The standard InChI is InChI=1S/C19H15FN4O2/c1-24-11-12(10-22-24)9-21-18(25)13-5-6-17-16(8-13)23-19(26-17)14-3-2-4-15(20)7-14/h2-8,10-11H,9H2,1H3,(H,21,25). The van der Waals surface area contributed by atoms with Crippen molar-refractivity contribution >= 4 is 17.0 Å². The van der Waals surface area contributed by atoms with Crippen molar-refractivity contribution in [3.05, 3.63) is 71.8 Å². The second-order valence-electron chi connectivity index (χ2n) is 5.92. The molecule has 2 aromatic heterocycles. The first-order chi connectivity index (χ1) is 12.6. The van der Waals surface area contributed by atoms with Crippen LogP contribution in [0.15, 0.2) is 59.3 Å². The Labute approximate surface area is 148 Å². The van der Waals surface area contributed by atoms with E-state index in [0.717, 1.165) is 5.56 Å². The number of carbonyl (C=O) groups excluding carboxylic acids is 1. The van der Waals surface area contributed by atoms with Crippen molar-refractivity contribution in [2.45, 2.75) is 6.54 Å². The van der Waals surface area contributed by atoms with E-state index in [1.54, 1.807) is 41.2 Å². The maximum absolute atomic E-state index is 13.4. The zero-order valence-electron chi connectivity index (χ0n) is 13.9. The second-order valence-corrected chi connectivity index (χ2v) is 5.92. The van der Waals surface area contributed by atoms with Crippen molar-refractivity contribution < 1.29 is 13.6 Å². The van der Waals surface area contributed by atoms with Crippen LogP contribution in [0, 0.1) is 5.82 Å². The number of rotatable bonds is 4. The quantitative estimate of drug-likeness (QED) is 0.613. The molecular formula is C19H15FN4O2. The van der Waals surface area contributed by atoms with E-state index in [1.165, 1.54) is 12.1 Å². The summed E-state index contributed by atoms with van der Waals surface area (Å²) in [5.41, 5.74) is 3.01. The molecule has 0 bridgehead atoms. The van der Waals surface area contributed by atoms with Gasteiger partial charge in [-0.1, -0.05) is 6.07 Å². The highest BCUT2D eigenvalue weighted by atomic mass is 19.1. The number of nitrogens with zero attached hydrogens (tertiary/aromatic N) is 3. The van der Waals surface area contributed by atoms with E-state index in [2.05, 4.69) is 15.4 Å². The van der Waals surface area contributed by atoms with Crippen LogP contribution in [0.5, 0.6) is 0 Å². The fraction of sp³-hybridized carbons (Fsp3) is 0.105. The van der Waals surface area contributed by atoms with E-state index in [9.17, 15) is 9.18 Å². The summed E-state index contributed by atoms with van der Waals surface area (Å²) in [6.45, 7) is 0.387. The van der Waals surface area contributed by atoms with Gasteiger partial charge in [-0.05, 0) is 36.4 Å². The van der Waals surface area contributed by atoms with Gasteiger partial charge in [-0.2, -0.15) is 5.10 Å². The van der Waals surface area contributed by atoms with Crippen LogP contribution < -0.4 is 5.32 Å². The molecule has 0 aliphatic carbocycles. The number of halogens is 1. The van der Waals surface area contributed by atoms with E-state index in [-0.39, 0.29) is 11.7 Å². The molecule has 0 saturated heterocycles. The lowest BCUT2D eigenvalue weighted by Crippen LogP contribution is -2.22. The van der Waals surface area contributed by atoms with Crippen LogP contribution in [-0.2, 0) is 13.6 Å². The molecule has 0 saturated carbocycles. The Hall–Kier alpha value is -3.48. The van der Waals surface area contributed by atoms with Crippen molar-refractivity contribution in [2.75, 3.05) is 0 Å². The van der Waals surface area contributed by atoms with Crippen molar-refractivity contribution in [1.29, 1.82) is 0 Å². The maximum atomic E-state index is 13.4. The predicted octanol–water partition coefficient (Wildman–Crippen LogP) is 3.30. The van der Waals surface area contributed by atoms with Gasteiger partial charge in [-0.3, -0.25) is 9.48 Å². The Kier molecular flexibility index (Phi) is 3.96. The Bertz CT molecular complexity index is 1100. The van der Waals surface area contributed by atoms with E-state index in [0.29, 0.717) is 34.7 Å². The van der Waals surface area contributed by atoms with E-state index in [4.69, 9.17) is 4.42 Å². The minimum absolute atomic E-state index is 0.217. The predicted molar refractivity (Wildman–Crippen MR) is 93.8 cm³/mol. The molecule has 6 nitrogen and oxygen atoms in total. The van der Waals surface area contributed by atoms with Gasteiger partial charge in [0.2, 0.25) is 5.89 Å². The summed E-state index contributed by atoms with van der Waals surface area (Å²) in [7, 11) is 1.82. The van der Waals surface area contributed by atoms with Gasteiger partial charge in [0.05, 0.1) is 6.20 Å². The van der Waals surface area contributed by atoms with Gasteiger partial charge in [0.1, 0.15) is 11.3 Å². The third kappa shape index (κ3) is 3.19. The molecule has 2 heterocycles. The first-order valence-electron chi connectivity index (χ1n) is 8.01. The molecule has 1 N–H and O–H groups in total. The Morgan fingerprint density at radius 2 is 2.15 bits per heavy atom. The van der Waals surface area contributed by atoms with Crippen molar-refractivity contribution in [3.8, 4) is 11.5 Å². The van der Waals surface area contributed by atoms with Crippen LogP contribution in [0.4, 0.5) is 4.39 Å². The molecule has 4 rings (SSSR count). The van der Waals surface area contributed by atoms with Crippen LogP contribution in [0.25, 0.3) is 22.6 Å². The van der Waals surface area contributed by atoms with E-state index in [1.807, 2.05) is 13.2 Å². The summed E-state index contributed by atoms with van der Waals surface area (Å²) < 4.78 is 20.7. The number of nitrogens with one attached hydrogen (secondary N) is 1. The van der Waals surface area contributed by atoms with E-state index < -0.39 is 0 Å². The first-order valence-corrected chi connectivity index (χ1v) is 8.01. The molecule has 0 aliphatic rings. The zero-order chi connectivity index (χ0) is 18.1. The van der Waals surface area contributed by atoms with Crippen LogP contribution in [-0.4, -0.2) is 20.7 Å². The smallest absolute Gasteiger partial charge is 0.251 e. The van der Waals surface area contributed by atoms with E-state index >= 15 is 0 Å². The summed E-state index contributed by atoms with van der Waals surface area (Å²) >= 11 is 0. The number of aryl methyl sites for hydroxylation is 1. The largest absolute Gasteiger partial charge is 0.436 e. The van der Waals surface area contributed by atoms with Gasteiger partial charge in [-0.25, -0.2) is 9.37 Å². The highest BCUT2D eigenvalue weighted by molar-refractivity contribution is 5.97.